The highest BCUT2D eigenvalue weighted by atomic mass is 32.1. The Morgan fingerprint density at radius 2 is 2.04 bits per heavy atom. The van der Waals surface area contributed by atoms with Crippen LogP contribution in [0.1, 0.15) is 29.9 Å². The minimum Gasteiger partial charge on any atom is -0.497 e. The number of ketones is 1. The molecule has 0 aliphatic carbocycles. The van der Waals surface area contributed by atoms with Gasteiger partial charge in [0.2, 0.25) is 11.7 Å². The largest absolute Gasteiger partial charge is 0.497 e. The minimum absolute atomic E-state index is 0.0205. The number of benzene rings is 1. The van der Waals surface area contributed by atoms with Crippen molar-refractivity contribution in [3.63, 3.8) is 0 Å². The van der Waals surface area contributed by atoms with E-state index in [4.69, 9.17) is 4.74 Å². The third-order valence-corrected chi connectivity index (χ3v) is 4.33. The molecule has 1 heterocycles. The van der Waals surface area contributed by atoms with E-state index in [1.165, 1.54) is 36.3 Å². The van der Waals surface area contributed by atoms with Crippen molar-refractivity contribution < 1.29 is 14.3 Å². The van der Waals surface area contributed by atoms with E-state index in [1.54, 1.807) is 29.6 Å². The summed E-state index contributed by atoms with van der Waals surface area (Å²) in [6.45, 7) is 3.82. The van der Waals surface area contributed by atoms with Gasteiger partial charge in [0, 0.05) is 24.4 Å². The lowest BCUT2D eigenvalue weighted by Gasteiger charge is -2.14. The first-order chi connectivity index (χ1) is 12.0. The number of allylic oxidation sites excluding steroid dienone is 1. The molecule has 0 unspecified atom stereocenters. The van der Waals surface area contributed by atoms with Crippen LogP contribution in [0.25, 0.3) is 6.08 Å². The molecule has 0 aliphatic rings. The van der Waals surface area contributed by atoms with Crippen LogP contribution in [-0.4, -0.2) is 30.3 Å². The minimum atomic E-state index is -0.390. The molecule has 0 bridgehead atoms. The van der Waals surface area contributed by atoms with Gasteiger partial charge in [-0.05, 0) is 37.3 Å². The molecule has 1 amide bonds. The molecule has 0 atom stereocenters. The van der Waals surface area contributed by atoms with Crippen LogP contribution in [0.3, 0.4) is 0 Å². The zero-order valence-electron chi connectivity index (χ0n) is 14.1. The zero-order valence-corrected chi connectivity index (χ0v) is 15.0. The highest BCUT2D eigenvalue weighted by Crippen LogP contribution is 2.23. The Morgan fingerprint density at radius 1 is 1.36 bits per heavy atom. The molecular weight excluding hydrogens is 338 g/mol. The highest BCUT2D eigenvalue weighted by Gasteiger charge is 2.16. The number of ether oxygens (including phenoxy) is 1. The number of hydrogen-bond donors (Lipinski definition) is 0. The number of nitriles is 1. The smallest absolute Gasteiger partial charge is 0.225 e. The molecular formula is C18H17N3O3S. The van der Waals surface area contributed by atoms with Crippen molar-refractivity contribution >= 4 is 34.2 Å². The summed E-state index contributed by atoms with van der Waals surface area (Å²) >= 11 is 1.29. The van der Waals surface area contributed by atoms with Crippen molar-refractivity contribution in [1.29, 1.82) is 5.26 Å². The normalized spacial score (nSPS) is 10.9. The molecule has 0 saturated carbocycles. The second kappa shape index (κ2) is 8.22. The average molecular weight is 355 g/mol. The molecule has 0 spiro atoms. The van der Waals surface area contributed by atoms with Crippen LogP contribution in [0.15, 0.2) is 35.2 Å². The highest BCUT2D eigenvalue weighted by molar-refractivity contribution is 7.14. The van der Waals surface area contributed by atoms with Gasteiger partial charge in [-0.25, -0.2) is 4.98 Å². The Labute approximate surface area is 150 Å². The van der Waals surface area contributed by atoms with Gasteiger partial charge in [0.15, 0.2) is 5.13 Å². The Morgan fingerprint density at radius 3 is 2.56 bits per heavy atom. The fourth-order valence-corrected chi connectivity index (χ4v) is 3.04. The molecule has 2 aromatic rings. The van der Waals surface area contributed by atoms with Crippen LogP contribution in [0.4, 0.5) is 5.13 Å². The van der Waals surface area contributed by atoms with E-state index < -0.39 is 5.78 Å². The summed E-state index contributed by atoms with van der Waals surface area (Å²) in [5.74, 6) is 0.132. The monoisotopic (exact) mass is 355 g/mol. The van der Waals surface area contributed by atoms with Crippen LogP contribution >= 0.6 is 11.3 Å². The number of anilines is 1. The Hall–Kier alpha value is -2.98. The molecule has 128 valence electrons. The van der Waals surface area contributed by atoms with E-state index in [9.17, 15) is 14.9 Å². The van der Waals surface area contributed by atoms with Crippen molar-refractivity contribution in [2.45, 2.75) is 13.8 Å². The van der Waals surface area contributed by atoms with E-state index in [1.807, 2.05) is 13.0 Å². The molecule has 25 heavy (non-hydrogen) atoms. The zero-order chi connectivity index (χ0) is 18.4. The van der Waals surface area contributed by atoms with E-state index >= 15 is 0 Å². The topological polar surface area (TPSA) is 83.3 Å². The average Bonchev–Trinajstić information content (AvgIpc) is 3.07. The molecule has 0 saturated heterocycles. The number of methoxy groups -OCH3 is 1. The summed E-state index contributed by atoms with van der Waals surface area (Å²) in [4.78, 5) is 29.9. The Kier molecular flexibility index (Phi) is 6.03. The molecule has 1 aromatic carbocycles. The van der Waals surface area contributed by atoms with Crippen LogP contribution in [0, 0.1) is 11.3 Å². The first-order valence-electron chi connectivity index (χ1n) is 7.54. The van der Waals surface area contributed by atoms with Crippen molar-refractivity contribution in [3.8, 4) is 11.8 Å². The van der Waals surface area contributed by atoms with Gasteiger partial charge < -0.3 is 4.74 Å². The van der Waals surface area contributed by atoms with Crippen molar-refractivity contribution in [1.82, 2.24) is 4.98 Å². The standard InChI is InChI=1S/C18H17N3O3S/c1-4-21(12(2)22)18-20-15(11-25-18)9-14(10-19)17(23)13-5-7-16(24-3)8-6-13/h5-9,11H,4H2,1-3H3/b14-9+. The summed E-state index contributed by atoms with van der Waals surface area (Å²) in [5, 5.41) is 11.6. The van der Waals surface area contributed by atoms with Gasteiger partial charge in [-0.2, -0.15) is 5.26 Å². The fraction of sp³-hybridized carbons (Fsp3) is 0.222. The number of carbonyl (C=O) groups excluding carboxylic acids is 2. The van der Waals surface area contributed by atoms with Gasteiger partial charge in [0.1, 0.15) is 17.4 Å². The van der Waals surface area contributed by atoms with Crippen molar-refractivity contribution in [2.24, 2.45) is 0 Å². The van der Waals surface area contributed by atoms with Crippen LogP contribution in [0.2, 0.25) is 0 Å². The molecule has 0 N–H and O–H groups in total. The van der Waals surface area contributed by atoms with Crippen molar-refractivity contribution in [3.05, 3.63) is 46.5 Å². The quantitative estimate of drug-likeness (QED) is 0.451. The van der Waals surface area contributed by atoms with E-state index in [-0.39, 0.29) is 11.5 Å². The lowest BCUT2D eigenvalue weighted by Crippen LogP contribution is -2.27. The number of Topliss-reactive ketones (excluding diaryl/α,β-unsaturated/α-hetero) is 1. The van der Waals surface area contributed by atoms with E-state index in [2.05, 4.69) is 4.98 Å². The summed E-state index contributed by atoms with van der Waals surface area (Å²) in [6.07, 6.45) is 1.43. The van der Waals surface area contributed by atoms with Crippen LogP contribution in [-0.2, 0) is 4.79 Å². The van der Waals surface area contributed by atoms with Crippen LogP contribution < -0.4 is 9.64 Å². The first-order valence-corrected chi connectivity index (χ1v) is 8.42. The molecule has 0 radical (unpaired) electrons. The summed E-state index contributed by atoms with van der Waals surface area (Å²) in [6, 6.07) is 8.45. The number of nitrogens with zero attached hydrogens (tertiary/aromatic N) is 3. The molecule has 0 fully saturated rings. The molecule has 1 aromatic heterocycles. The summed E-state index contributed by atoms with van der Waals surface area (Å²) in [5.41, 5.74) is 0.842. The van der Waals surface area contributed by atoms with Gasteiger partial charge in [-0.15, -0.1) is 11.3 Å². The Balaban J connectivity index is 2.28. The summed E-state index contributed by atoms with van der Waals surface area (Å²) < 4.78 is 5.05. The SMILES string of the molecule is CCN(C(C)=O)c1nc(/C=C(\C#N)C(=O)c2ccc(OC)cc2)cs1. The number of aromatic nitrogens is 1. The number of amides is 1. The van der Waals surface area contributed by atoms with Gasteiger partial charge in [-0.3, -0.25) is 14.5 Å². The maximum Gasteiger partial charge on any atom is 0.225 e. The molecule has 7 heteroatoms. The maximum absolute atomic E-state index is 12.5. The molecule has 0 aliphatic heterocycles. The predicted molar refractivity (Wildman–Crippen MR) is 96.7 cm³/mol. The lowest BCUT2D eigenvalue weighted by molar-refractivity contribution is -0.116. The number of carbonyl (C=O) groups is 2. The third-order valence-electron chi connectivity index (χ3n) is 3.45. The molecule has 6 nitrogen and oxygen atoms in total. The van der Waals surface area contributed by atoms with Crippen LogP contribution in [0.5, 0.6) is 5.75 Å². The lowest BCUT2D eigenvalue weighted by atomic mass is 10.0. The fourth-order valence-electron chi connectivity index (χ4n) is 2.15. The maximum atomic E-state index is 12.5. The second-order valence-corrected chi connectivity index (χ2v) is 5.88. The summed E-state index contributed by atoms with van der Waals surface area (Å²) in [7, 11) is 1.54. The Bertz CT molecular complexity index is 847. The van der Waals surface area contributed by atoms with Gasteiger partial charge >= 0.3 is 0 Å². The van der Waals surface area contributed by atoms with E-state index in [0.29, 0.717) is 28.7 Å². The van der Waals surface area contributed by atoms with Gasteiger partial charge in [0.25, 0.3) is 0 Å². The molecule has 2 rings (SSSR count). The van der Waals surface area contributed by atoms with Gasteiger partial charge in [-0.1, -0.05) is 0 Å². The number of hydrogen-bond acceptors (Lipinski definition) is 6. The van der Waals surface area contributed by atoms with Crippen molar-refractivity contribution in [2.75, 3.05) is 18.6 Å². The van der Waals surface area contributed by atoms with Gasteiger partial charge in [0.05, 0.1) is 12.8 Å². The first kappa shape index (κ1) is 18.4. The third kappa shape index (κ3) is 4.31. The number of rotatable bonds is 6. The predicted octanol–water partition coefficient (Wildman–Crippen LogP) is 3.31. The second-order valence-electron chi connectivity index (χ2n) is 5.05. The number of thiazole rings is 1. The van der Waals surface area contributed by atoms with E-state index in [0.717, 1.165) is 0 Å².